The molecule has 0 saturated heterocycles. The second kappa shape index (κ2) is 11.4. The van der Waals surface area contributed by atoms with Gasteiger partial charge < -0.3 is 14.7 Å². The zero-order valence-electron chi connectivity index (χ0n) is 20.0. The fourth-order valence-electron chi connectivity index (χ4n) is 3.65. The first kappa shape index (κ1) is 27.0. The maximum absolute atomic E-state index is 13.0. The number of aryl methyl sites for hydroxylation is 1. The lowest BCUT2D eigenvalue weighted by Gasteiger charge is -2.18. The van der Waals surface area contributed by atoms with E-state index in [4.69, 9.17) is 0 Å². The Bertz CT molecular complexity index is 1310. The number of carbonyl (C=O) groups is 2. The summed E-state index contributed by atoms with van der Waals surface area (Å²) in [5.41, 5.74) is 2.79. The minimum absolute atomic E-state index is 0. The average molecular weight is 508 g/mol. The Morgan fingerprint density at radius 2 is 1.81 bits per heavy atom. The van der Waals surface area contributed by atoms with E-state index in [2.05, 4.69) is 27.2 Å². The third-order valence-corrected chi connectivity index (χ3v) is 6.83. The van der Waals surface area contributed by atoms with Gasteiger partial charge in [-0.25, -0.2) is 9.97 Å². The minimum Gasteiger partial charge on any atom is -0.480 e. The fourth-order valence-corrected chi connectivity index (χ4v) is 4.60. The summed E-state index contributed by atoms with van der Waals surface area (Å²) >= 11 is 1.29. The number of rotatable bonds is 10. The highest BCUT2D eigenvalue weighted by Crippen LogP contribution is 2.34. The van der Waals surface area contributed by atoms with Gasteiger partial charge in [-0.3, -0.25) is 14.9 Å². The quantitative estimate of drug-likeness (QED) is 0.168. The summed E-state index contributed by atoms with van der Waals surface area (Å²) in [5.74, 6) is -0.126. The molecule has 2 aromatic heterocycles. The molecule has 0 radical (unpaired) electrons. The largest absolute Gasteiger partial charge is 0.480 e. The van der Waals surface area contributed by atoms with Gasteiger partial charge in [0.05, 0.1) is 11.0 Å². The molecule has 4 rings (SSSR count). The lowest BCUT2D eigenvalue weighted by atomic mass is 10.2. The van der Waals surface area contributed by atoms with Crippen LogP contribution < -0.4 is 5.32 Å². The Balaban J connectivity index is 0.00000361. The highest BCUT2D eigenvalue weighted by molar-refractivity contribution is 8.01. The van der Waals surface area contributed by atoms with Gasteiger partial charge in [0.2, 0.25) is 5.95 Å². The van der Waals surface area contributed by atoms with Crippen molar-refractivity contribution in [2.24, 2.45) is 0 Å². The molecule has 4 aromatic rings. The Labute approximate surface area is 215 Å². The number of aromatic nitrogens is 4. The molecule has 0 aliphatic rings. The van der Waals surface area contributed by atoms with Crippen LogP contribution in [0.2, 0.25) is 0 Å². The number of imidazole rings is 2. The number of unbranched alkanes of at least 4 members (excludes halogenated alkanes) is 2. The monoisotopic (exact) mass is 507 g/mol. The average Bonchev–Trinajstić information content (AvgIpc) is 3.43. The van der Waals surface area contributed by atoms with Crippen LogP contribution in [0.3, 0.4) is 0 Å². The standard InChI is InChI=1S/C26H29N5O3S.CH4/c1-4-5-8-15-31-16-21(23(32)30-25-28-19-9-6-7-10-20(19)29-25)27-22(31)17-11-13-18(14-12-17)35-26(2,3)24(33)34;/h6-7,9-14,16H,4-5,8,15H2,1-3H3,(H,33,34)(H2,28,29,30,32);1H4. The van der Waals surface area contributed by atoms with E-state index < -0.39 is 10.7 Å². The number of hydrogen-bond acceptors (Lipinski definition) is 5. The number of aliphatic carboxylic acids is 1. The molecule has 190 valence electrons. The van der Waals surface area contributed by atoms with Gasteiger partial charge in [-0.1, -0.05) is 51.5 Å². The zero-order chi connectivity index (χ0) is 25.0. The zero-order valence-corrected chi connectivity index (χ0v) is 20.9. The first-order chi connectivity index (χ1) is 16.8. The Morgan fingerprint density at radius 1 is 1.08 bits per heavy atom. The number of benzene rings is 2. The van der Waals surface area contributed by atoms with Gasteiger partial charge in [-0.2, -0.15) is 0 Å². The number of aromatic amines is 1. The van der Waals surface area contributed by atoms with E-state index in [1.165, 1.54) is 11.8 Å². The summed E-state index contributed by atoms with van der Waals surface area (Å²) in [5, 5.41) is 12.2. The molecule has 0 aliphatic heterocycles. The predicted octanol–water partition coefficient (Wildman–Crippen LogP) is 6.46. The third kappa shape index (κ3) is 6.15. The summed E-state index contributed by atoms with van der Waals surface area (Å²) in [6.45, 7) is 6.26. The molecule has 3 N–H and O–H groups in total. The second-order valence-corrected chi connectivity index (χ2v) is 10.5. The summed E-state index contributed by atoms with van der Waals surface area (Å²) in [7, 11) is 0. The molecule has 36 heavy (non-hydrogen) atoms. The molecule has 0 atom stereocenters. The summed E-state index contributed by atoms with van der Waals surface area (Å²) < 4.78 is 1.08. The second-order valence-electron chi connectivity index (χ2n) is 8.85. The van der Waals surface area contributed by atoms with Gasteiger partial charge in [0.1, 0.15) is 16.3 Å². The SMILES string of the molecule is C.CCCCCn1cc(C(=O)Nc2nc3ccccc3[nH]2)nc1-c1ccc(SC(C)(C)C(=O)O)cc1. The number of H-pyrrole nitrogens is 1. The van der Waals surface area contributed by atoms with Gasteiger partial charge in [0.15, 0.2) is 0 Å². The van der Waals surface area contributed by atoms with Crippen molar-refractivity contribution in [3.8, 4) is 11.4 Å². The maximum atomic E-state index is 13.0. The molecule has 0 fully saturated rings. The van der Waals surface area contributed by atoms with Crippen LogP contribution in [0.4, 0.5) is 5.95 Å². The van der Waals surface area contributed by atoms with Crippen LogP contribution >= 0.6 is 11.8 Å². The van der Waals surface area contributed by atoms with E-state index in [1.54, 1.807) is 20.0 Å². The van der Waals surface area contributed by atoms with Crippen LogP contribution in [-0.2, 0) is 11.3 Å². The lowest BCUT2D eigenvalue weighted by molar-refractivity contribution is -0.138. The molecule has 0 unspecified atom stereocenters. The van der Waals surface area contributed by atoms with Crippen molar-refractivity contribution in [1.82, 2.24) is 19.5 Å². The topological polar surface area (TPSA) is 113 Å². The van der Waals surface area contributed by atoms with Gasteiger partial charge in [0, 0.05) is 23.2 Å². The molecule has 1 amide bonds. The number of carboxylic acids is 1. The number of para-hydroxylation sites is 2. The van der Waals surface area contributed by atoms with Gasteiger partial charge in [-0.05, 0) is 44.5 Å². The first-order valence-corrected chi connectivity index (χ1v) is 12.4. The summed E-state index contributed by atoms with van der Waals surface area (Å²) in [6, 6.07) is 15.2. The maximum Gasteiger partial charge on any atom is 0.319 e. The molecule has 8 nitrogen and oxygen atoms in total. The molecule has 2 aromatic carbocycles. The van der Waals surface area contributed by atoms with Gasteiger partial charge in [0.25, 0.3) is 5.91 Å². The molecule has 0 saturated carbocycles. The van der Waals surface area contributed by atoms with Gasteiger partial charge >= 0.3 is 5.97 Å². The minimum atomic E-state index is -0.929. The van der Waals surface area contributed by atoms with E-state index in [9.17, 15) is 14.7 Å². The number of amides is 1. The highest BCUT2D eigenvalue weighted by atomic mass is 32.2. The van der Waals surface area contributed by atoms with Crippen LogP contribution in [0.25, 0.3) is 22.4 Å². The van der Waals surface area contributed by atoms with Crippen molar-refractivity contribution < 1.29 is 14.7 Å². The Kier molecular flexibility index (Phi) is 8.57. The highest BCUT2D eigenvalue weighted by Gasteiger charge is 2.28. The van der Waals surface area contributed by atoms with Crippen molar-refractivity contribution in [3.05, 3.63) is 60.4 Å². The van der Waals surface area contributed by atoms with Crippen LogP contribution in [0.5, 0.6) is 0 Å². The van der Waals surface area contributed by atoms with Crippen molar-refractivity contribution in [2.45, 2.75) is 63.6 Å². The number of anilines is 1. The lowest BCUT2D eigenvalue weighted by Crippen LogP contribution is -2.26. The van der Waals surface area contributed by atoms with E-state index in [0.29, 0.717) is 17.5 Å². The molecule has 0 spiro atoms. The number of thioether (sulfide) groups is 1. The van der Waals surface area contributed by atoms with Crippen LogP contribution in [0, 0.1) is 0 Å². The normalized spacial score (nSPS) is 11.3. The number of hydrogen-bond donors (Lipinski definition) is 3. The van der Waals surface area contributed by atoms with Crippen LogP contribution in [0.15, 0.2) is 59.6 Å². The Morgan fingerprint density at radius 3 is 2.47 bits per heavy atom. The molecule has 2 heterocycles. The van der Waals surface area contributed by atoms with E-state index in [0.717, 1.165) is 47.3 Å². The van der Waals surface area contributed by atoms with Crippen LogP contribution in [-0.4, -0.2) is 41.2 Å². The van der Waals surface area contributed by atoms with Crippen LogP contribution in [0.1, 0.15) is 57.9 Å². The number of carbonyl (C=O) groups excluding carboxylic acids is 1. The van der Waals surface area contributed by atoms with E-state index >= 15 is 0 Å². The smallest absolute Gasteiger partial charge is 0.319 e. The molecule has 0 bridgehead atoms. The number of fused-ring (bicyclic) bond motifs is 1. The van der Waals surface area contributed by atoms with Crippen molar-refractivity contribution in [1.29, 1.82) is 0 Å². The number of nitrogens with one attached hydrogen (secondary N) is 2. The molecule has 9 heteroatoms. The first-order valence-electron chi connectivity index (χ1n) is 11.6. The number of nitrogens with zero attached hydrogens (tertiary/aromatic N) is 3. The summed E-state index contributed by atoms with van der Waals surface area (Å²) in [6.07, 6.45) is 4.93. The predicted molar refractivity (Wildman–Crippen MR) is 146 cm³/mol. The molecule has 0 aliphatic carbocycles. The van der Waals surface area contributed by atoms with Gasteiger partial charge in [-0.15, -0.1) is 11.8 Å². The van der Waals surface area contributed by atoms with Crippen molar-refractivity contribution >= 4 is 40.6 Å². The fraction of sp³-hybridized carbons (Fsp3) is 0.333. The Hall–Kier alpha value is -3.59. The van der Waals surface area contributed by atoms with Crippen molar-refractivity contribution in [3.63, 3.8) is 0 Å². The van der Waals surface area contributed by atoms with E-state index in [-0.39, 0.29) is 13.3 Å². The van der Waals surface area contributed by atoms with E-state index in [1.807, 2.05) is 53.1 Å². The van der Waals surface area contributed by atoms with Crippen molar-refractivity contribution in [2.75, 3.05) is 5.32 Å². The summed E-state index contributed by atoms with van der Waals surface area (Å²) in [4.78, 5) is 37.5. The third-order valence-electron chi connectivity index (χ3n) is 5.63. The molecular weight excluding hydrogens is 474 g/mol. The molecular formula is C27H33N5O3S. The number of carboxylic acid groups (broad SMARTS) is 1.